The Kier molecular flexibility index (Phi) is 5.74. The third-order valence-electron chi connectivity index (χ3n) is 9.27. The van der Waals surface area contributed by atoms with Gasteiger partial charge in [0.05, 0.1) is 6.10 Å². The molecule has 3 atom stereocenters. The van der Waals surface area contributed by atoms with Gasteiger partial charge in [-0.25, -0.2) is 4.68 Å². The van der Waals surface area contributed by atoms with Crippen LogP contribution >= 0.6 is 0 Å². The summed E-state index contributed by atoms with van der Waals surface area (Å²) in [5.74, 6) is 0.853. The molecular formula is C30H34BN4O2. The van der Waals surface area contributed by atoms with Crippen LogP contribution < -0.4 is 5.59 Å². The van der Waals surface area contributed by atoms with Gasteiger partial charge in [0.25, 0.3) is 0 Å². The Morgan fingerprint density at radius 2 is 1.89 bits per heavy atom. The number of aliphatic hydroxyl groups is 1. The van der Waals surface area contributed by atoms with Crippen molar-refractivity contribution in [3.8, 4) is 5.75 Å². The van der Waals surface area contributed by atoms with Gasteiger partial charge in [0.2, 0.25) is 7.28 Å². The van der Waals surface area contributed by atoms with Gasteiger partial charge >= 0.3 is 0 Å². The van der Waals surface area contributed by atoms with Crippen molar-refractivity contribution in [1.29, 1.82) is 0 Å². The summed E-state index contributed by atoms with van der Waals surface area (Å²) >= 11 is 0. The Morgan fingerprint density at radius 3 is 2.76 bits per heavy atom. The maximum atomic E-state index is 10.8. The number of phenolic OH excluding ortho intramolecular Hbond substituents is 1. The van der Waals surface area contributed by atoms with Gasteiger partial charge in [-0.15, -0.1) is 5.10 Å². The molecule has 1 fully saturated rings. The lowest BCUT2D eigenvalue weighted by atomic mass is 9.51. The largest absolute Gasteiger partial charge is 0.508 e. The van der Waals surface area contributed by atoms with Crippen LogP contribution in [-0.4, -0.2) is 62.0 Å². The van der Waals surface area contributed by atoms with Crippen molar-refractivity contribution < 1.29 is 10.2 Å². The number of piperidine rings is 1. The van der Waals surface area contributed by atoms with Gasteiger partial charge in [0.1, 0.15) is 11.8 Å². The van der Waals surface area contributed by atoms with Gasteiger partial charge in [0.15, 0.2) is 0 Å². The molecule has 0 spiro atoms. The highest BCUT2D eigenvalue weighted by molar-refractivity contribution is 6.55. The molecule has 1 saturated heterocycles. The Bertz CT molecular complexity index is 1340. The highest BCUT2D eigenvalue weighted by Gasteiger charge is 2.45. The van der Waals surface area contributed by atoms with E-state index in [0.717, 1.165) is 49.9 Å². The highest BCUT2D eigenvalue weighted by atomic mass is 16.3. The van der Waals surface area contributed by atoms with E-state index in [1.54, 1.807) is 17.2 Å². The molecule has 1 unspecified atom stereocenters. The number of aliphatic hydroxyl groups excluding tert-OH is 1. The van der Waals surface area contributed by atoms with Crippen LogP contribution in [0.3, 0.4) is 0 Å². The minimum Gasteiger partial charge on any atom is -0.508 e. The fourth-order valence-corrected chi connectivity index (χ4v) is 7.29. The first-order chi connectivity index (χ1) is 18.1. The van der Waals surface area contributed by atoms with E-state index in [1.807, 2.05) is 35.1 Å². The zero-order chi connectivity index (χ0) is 25.0. The first-order valence-corrected chi connectivity index (χ1v) is 13.9. The van der Waals surface area contributed by atoms with E-state index in [-0.39, 0.29) is 11.5 Å². The zero-order valence-electron chi connectivity index (χ0n) is 21.3. The molecule has 4 aliphatic rings. The van der Waals surface area contributed by atoms with Crippen molar-refractivity contribution in [2.45, 2.75) is 74.9 Å². The summed E-state index contributed by atoms with van der Waals surface area (Å²) in [5.41, 5.74) is 7.81. The number of fused-ring (bicyclic) bond motifs is 1. The molecule has 7 heteroatoms. The monoisotopic (exact) mass is 493 g/mol. The number of hydrogen-bond acceptors (Lipinski definition) is 5. The number of rotatable bonds is 5. The fraction of sp³-hybridized carbons (Fsp3) is 0.467. The zero-order valence-corrected chi connectivity index (χ0v) is 21.3. The summed E-state index contributed by atoms with van der Waals surface area (Å²) < 4.78 is 1.88. The van der Waals surface area contributed by atoms with Crippen molar-refractivity contribution >= 4 is 12.9 Å². The van der Waals surface area contributed by atoms with Crippen molar-refractivity contribution in [2.75, 3.05) is 13.1 Å². The van der Waals surface area contributed by atoms with E-state index in [0.29, 0.717) is 18.1 Å². The third-order valence-corrected chi connectivity index (χ3v) is 9.27. The van der Waals surface area contributed by atoms with Crippen LogP contribution in [0.2, 0.25) is 0 Å². The second kappa shape index (κ2) is 9.14. The van der Waals surface area contributed by atoms with Crippen LogP contribution in [0, 0.1) is 0 Å². The number of nitrogens with zero attached hydrogens (tertiary/aromatic N) is 4. The number of aromatic nitrogens is 3. The lowest BCUT2D eigenvalue weighted by Gasteiger charge is -2.47. The standard InChI is InChI=1S/C30H34BN4O2/c36-25-8-3-6-22(16-25)20-10-13-34(14-11-20)30(12-4-7-21-15-24(21)18-30)31-28-19-35(33-32-28)29-26-9-2-1-5-23(26)17-27(29)37/h1-3,5-6,8-9,16,19-20,27,29,36-37H,4,7,10-15,17-18H2/t27-,29-,30?/m1/s1. The molecule has 2 heterocycles. The molecule has 1 aliphatic heterocycles. The van der Waals surface area contributed by atoms with Crippen molar-refractivity contribution in [1.82, 2.24) is 19.9 Å². The molecule has 0 saturated carbocycles. The summed E-state index contributed by atoms with van der Waals surface area (Å²) in [5, 5.41) is 29.9. The highest BCUT2D eigenvalue weighted by Crippen LogP contribution is 2.47. The van der Waals surface area contributed by atoms with Gasteiger partial charge in [-0.3, -0.25) is 0 Å². The van der Waals surface area contributed by atoms with Crippen LogP contribution in [0.15, 0.2) is 65.9 Å². The summed E-state index contributed by atoms with van der Waals surface area (Å²) in [4.78, 5) is 2.71. The number of aromatic hydroxyl groups is 1. The van der Waals surface area contributed by atoms with Gasteiger partial charge in [-0.1, -0.05) is 52.8 Å². The van der Waals surface area contributed by atoms with Gasteiger partial charge in [-0.2, -0.15) is 0 Å². The number of allylic oxidation sites excluding steroid dienone is 1. The van der Waals surface area contributed by atoms with E-state index < -0.39 is 6.10 Å². The van der Waals surface area contributed by atoms with Crippen LogP contribution in [0.5, 0.6) is 5.75 Å². The topological polar surface area (TPSA) is 74.4 Å². The van der Waals surface area contributed by atoms with E-state index >= 15 is 0 Å². The molecule has 2 aromatic carbocycles. The normalized spacial score (nSPS) is 28.0. The number of benzene rings is 2. The minimum atomic E-state index is -0.477. The maximum absolute atomic E-state index is 10.8. The molecule has 3 aromatic rings. The first-order valence-electron chi connectivity index (χ1n) is 13.9. The Labute approximate surface area is 219 Å². The minimum absolute atomic E-state index is 0.0373. The molecule has 7 rings (SSSR count). The van der Waals surface area contributed by atoms with E-state index in [1.165, 1.54) is 30.4 Å². The lowest BCUT2D eigenvalue weighted by Crippen LogP contribution is -2.58. The van der Waals surface area contributed by atoms with Crippen LogP contribution in [0.25, 0.3) is 0 Å². The van der Waals surface area contributed by atoms with Crippen LogP contribution in [0.4, 0.5) is 0 Å². The van der Waals surface area contributed by atoms with Crippen molar-refractivity contribution in [3.05, 3.63) is 82.6 Å². The molecule has 0 amide bonds. The number of hydrogen-bond donors (Lipinski definition) is 2. The van der Waals surface area contributed by atoms with Gasteiger partial charge < -0.3 is 15.1 Å². The smallest absolute Gasteiger partial charge is 0.208 e. The quantitative estimate of drug-likeness (QED) is 0.419. The lowest BCUT2D eigenvalue weighted by molar-refractivity contribution is 0.111. The van der Waals surface area contributed by atoms with E-state index in [4.69, 9.17) is 0 Å². The van der Waals surface area contributed by atoms with Gasteiger partial charge in [-0.05, 0) is 92.8 Å². The predicted molar refractivity (Wildman–Crippen MR) is 144 cm³/mol. The van der Waals surface area contributed by atoms with Crippen LogP contribution in [0.1, 0.15) is 73.6 Å². The Morgan fingerprint density at radius 1 is 1.03 bits per heavy atom. The summed E-state index contributed by atoms with van der Waals surface area (Å²) in [7, 11) is 2.40. The second-order valence-electron chi connectivity index (χ2n) is 11.6. The molecular weight excluding hydrogens is 459 g/mol. The van der Waals surface area contributed by atoms with E-state index in [9.17, 15) is 10.2 Å². The average molecular weight is 493 g/mol. The molecule has 3 aliphatic carbocycles. The molecule has 37 heavy (non-hydrogen) atoms. The predicted octanol–water partition coefficient (Wildman–Crippen LogP) is 3.67. The molecule has 0 bridgehead atoms. The van der Waals surface area contributed by atoms with Crippen molar-refractivity contribution in [2.24, 2.45) is 0 Å². The first kappa shape index (κ1) is 23.2. The molecule has 6 nitrogen and oxygen atoms in total. The SMILES string of the molecule is Oc1cccc(C2CCN(C3([B]c4cn([C@@H]5c6ccccc6C[C@H]5O)nn4)CCCC4=C(C4)C3)CC2)c1. The number of phenols is 1. The fourth-order valence-electron chi connectivity index (χ4n) is 7.29. The van der Waals surface area contributed by atoms with Crippen LogP contribution in [-0.2, 0) is 6.42 Å². The molecule has 1 radical (unpaired) electrons. The van der Waals surface area contributed by atoms with Gasteiger partial charge in [0, 0.05) is 23.6 Å². The third kappa shape index (κ3) is 4.32. The molecule has 189 valence electrons. The van der Waals surface area contributed by atoms with Crippen molar-refractivity contribution in [3.63, 3.8) is 0 Å². The molecule has 1 aromatic heterocycles. The second-order valence-corrected chi connectivity index (χ2v) is 11.6. The average Bonchev–Trinajstić information content (AvgIpc) is 3.37. The summed E-state index contributed by atoms with van der Waals surface area (Å²) in [6.07, 6.45) is 10.3. The number of likely N-dealkylation sites (tertiary alicyclic amines) is 1. The van der Waals surface area contributed by atoms with E-state index in [2.05, 4.69) is 40.7 Å². The maximum Gasteiger partial charge on any atom is 0.208 e. The molecule has 2 N–H and O–H groups in total. The Hall–Kier alpha value is -2.90. The summed E-state index contributed by atoms with van der Waals surface area (Å²) in [6.45, 7) is 2.09. The Balaban J connectivity index is 1.13. The summed E-state index contributed by atoms with van der Waals surface area (Å²) in [6, 6.07) is 15.9.